The predicted molar refractivity (Wildman–Crippen MR) is 63.3 cm³/mol. The van der Waals surface area contributed by atoms with Crippen molar-refractivity contribution in [3.05, 3.63) is 35.9 Å². The lowest BCUT2D eigenvalue weighted by molar-refractivity contribution is 0.404. The lowest BCUT2D eigenvalue weighted by Crippen LogP contribution is -2.40. The third kappa shape index (κ3) is 4.09. The minimum Gasteiger partial charge on any atom is -0.271 e. The molecule has 0 fully saturated rings. The fourth-order valence-electron chi connectivity index (χ4n) is 1.36. The summed E-state index contributed by atoms with van der Waals surface area (Å²) in [5, 5.41) is 0. The normalized spacial score (nSPS) is 12.3. The minimum absolute atomic E-state index is 0. The van der Waals surface area contributed by atoms with Crippen molar-refractivity contribution < 1.29 is 0 Å². The third-order valence-corrected chi connectivity index (χ3v) is 2.32. The van der Waals surface area contributed by atoms with Gasteiger partial charge in [-0.1, -0.05) is 44.2 Å². The second kappa shape index (κ2) is 6.82. The van der Waals surface area contributed by atoms with Crippen molar-refractivity contribution in [2.45, 2.75) is 26.3 Å². The molecule has 0 aliphatic heterocycles. The molecule has 80 valence electrons. The van der Waals surface area contributed by atoms with E-state index in [0.29, 0.717) is 12.0 Å². The van der Waals surface area contributed by atoms with E-state index in [1.807, 2.05) is 6.07 Å². The lowest BCUT2D eigenvalue weighted by Gasteiger charge is -2.19. The summed E-state index contributed by atoms with van der Waals surface area (Å²) < 4.78 is 0. The van der Waals surface area contributed by atoms with Crippen LogP contribution in [-0.2, 0) is 6.42 Å². The Balaban J connectivity index is 0.00000169. The van der Waals surface area contributed by atoms with Gasteiger partial charge in [0.05, 0.1) is 0 Å². The zero-order chi connectivity index (χ0) is 9.68. The van der Waals surface area contributed by atoms with Crippen LogP contribution in [0.1, 0.15) is 19.4 Å². The van der Waals surface area contributed by atoms with Gasteiger partial charge in [0.15, 0.2) is 0 Å². The Hall–Kier alpha value is -0.570. The fourth-order valence-corrected chi connectivity index (χ4v) is 1.36. The molecule has 1 aromatic carbocycles. The molecule has 1 aromatic rings. The molecule has 0 heterocycles. The van der Waals surface area contributed by atoms with Crippen LogP contribution < -0.4 is 11.3 Å². The van der Waals surface area contributed by atoms with E-state index in [2.05, 4.69) is 43.5 Å². The van der Waals surface area contributed by atoms with Crippen molar-refractivity contribution in [3.63, 3.8) is 0 Å². The number of nitrogens with two attached hydrogens (primary N) is 1. The molecule has 0 amide bonds. The zero-order valence-electron chi connectivity index (χ0n) is 8.73. The maximum atomic E-state index is 5.47. The van der Waals surface area contributed by atoms with Crippen LogP contribution in [0.15, 0.2) is 30.3 Å². The van der Waals surface area contributed by atoms with Crippen LogP contribution in [-0.4, -0.2) is 6.04 Å². The summed E-state index contributed by atoms with van der Waals surface area (Å²) in [6.45, 7) is 4.35. The molecule has 1 atom stereocenters. The van der Waals surface area contributed by atoms with Gasteiger partial charge >= 0.3 is 0 Å². The number of halogens is 1. The Bertz CT molecular complexity index is 236. The first-order valence-corrected chi connectivity index (χ1v) is 4.74. The van der Waals surface area contributed by atoms with E-state index in [4.69, 9.17) is 5.84 Å². The molecular formula is C11H19ClN2. The summed E-state index contributed by atoms with van der Waals surface area (Å²) in [6.07, 6.45) is 0.995. The first-order chi connectivity index (χ1) is 6.24. The maximum absolute atomic E-state index is 5.47. The van der Waals surface area contributed by atoms with E-state index in [-0.39, 0.29) is 12.4 Å². The quantitative estimate of drug-likeness (QED) is 0.596. The van der Waals surface area contributed by atoms with Crippen LogP contribution in [0.3, 0.4) is 0 Å². The summed E-state index contributed by atoms with van der Waals surface area (Å²) in [5.74, 6) is 6.03. The summed E-state index contributed by atoms with van der Waals surface area (Å²) in [6, 6.07) is 10.8. The lowest BCUT2D eigenvalue weighted by atomic mass is 9.97. The highest BCUT2D eigenvalue weighted by Gasteiger charge is 2.11. The van der Waals surface area contributed by atoms with Crippen molar-refractivity contribution in [2.75, 3.05) is 0 Å². The van der Waals surface area contributed by atoms with E-state index >= 15 is 0 Å². The van der Waals surface area contributed by atoms with Gasteiger partial charge in [-0.2, -0.15) is 0 Å². The standard InChI is InChI=1S/C11H18N2.ClH/c1-9(2)11(13-12)8-10-6-4-3-5-7-10;/h3-7,9,11,13H,8,12H2,1-2H3;1H. The average molecular weight is 215 g/mol. The molecule has 0 spiro atoms. The highest BCUT2D eigenvalue weighted by molar-refractivity contribution is 5.85. The summed E-state index contributed by atoms with van der Waals surface area (Å²) in [4.78, 5) is 0. The van der Waals surface area contributed by atoms with E-state index in [1.165, 1.54) is 5.56 Å². The molecule has 0 aliphatic carbocycles. The molecular weight excluding hydrogens is 196 g/mol. The molecule has 0 bridgehead atoms. The van der Waals surface area contributed by atoms with Crippen molar-refractivity contribution >= 4 is 12.4 Å². The van der Waals surface area contributed by atoms with E-state index in [9.17, 15) is 0 Å². The van der Waals surface area contributed by atoms with Gasteiger partial charge in [0.2, 0.25) is 0 Å². The molecule has 1 rings (SSSR count). The van der Waals surface area contributed by atoms with Crippen LogP contribution in [0.25, 0.3) is 0 Å². The number of hydrogen-bond donors (Lipinski definition) is 2. The molecule has 14 heavy (non-hydrogen) atoms. The monoisotopic (exact) mass is 214 g/mol. The number of hydrogen-bond acceptors (Lipinski definition) is 2. The molecule has 1 unspecified atom stereocenters. The van der Waals surface area contributed by atoms with Crippen molar-refractivity contribution in [2.24, 2.45) is 11.8 Å². The van der Waals surface area contributed by atoms with Gasteiger partial charge in [0.25, 0.3) is 0 Å². The highest BCUT2D eigenvalue weighted by Crippen LogP contribution is 2.08. The number of hydrazine groups is 1. The average Bonchev–Trinajstić information content (AvgIpc) is 2.15. The van der Waals surface area contributed by atoms with Gasteiger partial charge in [-0.3, -0.25) is 11.3 Å². The van der Waals surface area contributed by atoms with E-state index in [1.54, 1.807) is 0 Å². The van der Waals surface area contributed by atoms with Crippen molar-refractivity contribution in [1.29, 1.82) is 0 Å². The molecule has 3 heteroatoms. The third-order valence-electron chi connectivity index (χ3n) is 2.32. The second-order valence-electron chi connectivity index (χ2n) is 3.71. The van der Waals surface area contributed by atoms with Crippen LogP contribution >= 0.6 is 12.4 Å². The molecule has 0 radical (unpaired) electrons. The van der Waals surface area contributed by atoms with E-state index < -0.39 is 0 Å². The Labute approximate surface area is 92.3 Å². The smallest absolute Gasteiger partial charge is 0.0273 e. The topological polar surface area (TPSA) is 38.0 Å². The summed E-state index contributed by atoms with van der Waals surface area (Å²) in [5.41, 5.74) is 4.18. The molecule has 0 saturated heterocycles. The number of nitrogens with one attached hydrogen (secondary N) is 1. The first kappa shape index (κ1) is 13.4. The van der Waals surface area contributed by atoms with Crippen LogP contribution in [0, 0.1) is 5.92 Å². The van der Waals surface area contributed by atoms with E-state index in [0.717, 1.165) is 6.42 Å². The second-order valence-corrected chi connectivity index (χ2v) is 3.71. The molecule has 0 saturated carbocycles. The molecule has 2 nitrogen and oxygen atoms in total. The van der Waals surface area contributed by atoms with Crippen molar-refractivity contribution in [1.82, 2.24) is 5.43 Å². The summed E-state index contributed by atoms with van der Waals surface area (Å²) in [7, 11) is 0. The number of benzene rings is 1. The van der Waals surface area contributed by atoms with Crippen LogP contribution in [0.5, 0.6) is 0 Å². The Morgan fingerprint density at radius 2 is 1.79 bits per heavy atom. The van der Waals surface area contributed by atoms with Gasteiger partial charge in [0.1, 0.15) is 0 Å². The van der Waals surface area contributed by atoms with Crippen molar-refractivity contribution in [3.8, 4) is 0 Å². The Morgan fingerprint density at radius 3 is 2.21 bits per heavy atom. The minimum atomic E-state index is 0. The highest BCUT2D eigenvalue weighted by atomic mass is 35.5. The largest absolute Gasteiger partial charge is 0.271 e. The molecule has 0 aromatic heterocycles. The maximum Gasteiger partial charge on any atom is 0.0273 e. The van der Waals surface area contributed by atoms with Crippen LogP contribution in [0.2, 0.25) is 0 Å². The first-order valence-electron chi connectivity index (χ1n) is 4.74. The molecule has 0 aliphatic rings. The Morgan fingerprint density at radius 1 is 1.21 bits per heavy atom. The van der Waals surface area contributed by atoms with Gasteiger partial charge in [-0.05, 0) is 17.9 Å². The number of rotatable bonds is 4. The SMILES string of the molecule is CC(C)C(Cc1ccccc1)NN.Cl. The zero-order valence-corrected chi connectivity index (χ0v) is 9.55. The van der Waals surface area contributed by atoms with Gasteiger partial charge in [-0.25, -0.2) is 0 Å². The van der Waals surface area contributed by atoms with Gasteiger partial charge in [-0.15, -0.1) is 12.4 Å². The van der Waals surface area contributed by atoms with Gasteiger partial charge in [0, 0.05) is 6.04 Å². The fraction of sp³-hybridized carbons (Fsp3) is 0.455. The van der Waals surface area contributed by atoms with Crippen LogP contribution in [0.4, 0.5) is 0 Å². The summed E-state index contributed by atoms with van der Waals surface area (Å²) >= 11 is 0. The molecule has 3 N–H and O–H groups in total. The predicted octanol–water partition coefficient (Wildman–Crippen LogP) is 2.14. The Kier molecular flexibility index (Phi) is 6.54. The van der Waals surface area contributed by atoms with Gasteiger partial charge < -0.3 is 0 Å².